The number of ether oxygens (including phenoxy) is 2. The van der Waals surface area contributed by atoms with Crippen LogP contribution in [-0.4, -0.2) is 44.2 Å². The molecule has 0 radical (unpaired) electrons. The number of hydrogen-bond acceptors (Lipinski definition) is 5. The summed E-state index contributed by atoms with van der Waals surface area (Å²) in [5.41, 5.74) is 0. The Morgan fingerprint density at radius 2 is 2.05 bits per heavy atom. The molecule has 0 bridgehead atoms. The van der Waals surface area contributed by atoms with Crippen molar-refractivity contribution < 1.29 is 23.0 Å². The second-order valence-electron chi connectivity index (χ2n) is 4.01. The molecule has 1 rings (SSSR count). The third-order valence-electron chi connectivity index (χ3n) is 2.86. The molecule has 1 aromatic heterocycles. The van der Waals surface area contributed by atoms with E-state index >= 15 is 0 Å². The Hall–Kier alpha value is -1.21. The van der Waals surface area contributed by atoms with E-state index in [2.05, 4.69) is 9.64 Å². The van der Waals surface area contributed by atoms with Gasteiger partial charge in [-0.25, -0.2) is 13.6 Å². The van der Waals surface area contributed by atoms with Crippen molar-refractivity contribution in [3.05, 3.63) is 15.8 Å². The lowest BCUT2D eigenvalue weighted by molar-refractivity contribution is 0.0601. The van der Waals surface area contributed by atoms with Crippen LogP contribution in [0.1, 0.15) is 34.8 Å². The van der Waals surface area contributed by atoms with Crippen LogP contribution in [0.3, 0.4) is 0 Å². The fourth-order valence-electron chi connectivity index (χ4n) is 1.67. The number of thiophene rings is 1. The number of esters is 1. The molecule has 114 valence electrons. The summed E-state index contributed by atoms with van der Waals surface area (Å²) in [4.78, 5) is 13.6. The maximum absolute atomic E-state index is 12.7. The number of rotatable bonds is 8. The lowest BCUT2D eigenvalue weighted by atomic mass is 10.4. The van der Waals surface area contributed by atoms with Crippen LogP contribution in [0, 0.1) is 0 Å². The molecule has 0 aliphatic heterocycles. The van der Waals surface area contributed by atoms with Gasteiger partial charge in [0.2, 0.25) is 0 Å². The number of methoxy groups -OCH3 is 1. The normalized spacial score (nSPS) is 11.2. The number of halogens is 2. The summed E-state index contributed by atoms with van der Waals surface area (Å²) >= 11 is 0.707. The highest BCUT2D eigenvalue weighted by molar-refractivity contribution is 7.14. The second-order valence-corrected chi connectivity index (χ2v) is 5.09. The molecular weight excluding hydrogens is 288 g/mol. The SMILES string of the molecule is CCN(CC)CCOc1cc(C(F)F)sc1C(=O)OC. The summed E-state index contributed by atoms with van der Waals surface area (Å²) < 4.78 is 35.4. The van der Waals surface area contributed by atoms with Crippen molar-refractivity contribution in [1.29, 1.82) is 0 Å². The number of carbonyl (C=O) groups is 1. The van der Waals surface area contributed by atoms with E-state index in [4.69, 9.17) is 4.74 Å². The molecule has 0 aromatic carbocycles. The monoisotopic (exact) mass is 307 g/mol. The first-order valence-corrected chi connectivity index (χ1v) is 7.20. The zero-order valence-electron chi connectivity index (χ0n) is 11.8. The van der Waals surface area contributed by atoms with Crippen molar-refractivity contribution in [2.75, 3.05) is 33.4 Å². The standard InChI is InChI=1S/C13H19F2NO3S/c1-4-16(5-2)6-7-19-9-8-10(12(14)15)20-11(9)13(17)18-3/h8,12H,4-7H2,1-3H3. The third-order valence-corrected chi connectivity index (χ3v) is 3.97. The van der Waals surface area contributed by atoms with Gasteiger partial charge in [0.25, 0.3) is 6.43 Å². The van der Waals surface area contributed by atoms with Crippen LogP contribution in [0.25, 0.3) is 0 Å². The Kier molecular flexibility index (Phi) is 6.87. The largest absolute Gasteiger partial charge is 0.490 e. The van der Waals surface area contributed by atoms with Crippen LogP contribution in [0.2, 0.25) is 0 Å². The molecule has 0 saturated carbocycles. The molecule has 0 atom stereocenters. The van der Waals surface area contributed by atoms with Gasteiger partial charge in [-0.15, -0.1) is 11.3 Å². The number of hydrogen-bond donors (Lipinski definition) is 0. The molecule has 0 saturated heterocycles. The van der Waals surface area contributed by atoms with E-state index in [9.17, 15) is 13.6 Å². The van der Waals surface area contributed by atoms with E-state index < -0.39 is 12.4 Å². The molecule has 7 heteroatoms. The lowest BCUT2D eigenvalue weighted by Crippen LogP contribution is -2.28. The number of carbonyl (C=O) groups excluding carboxylic acids is 1. The highest BCUT2D eigenvalue weighted by atomic mass is 32.1. The van der Waals surface area contributed by atoms with Crippen LogP contribution in [0.5, 0.6) is 5.75 Å². The van der Waals surface area contributed by atoms with Crippen LogP contribution < -0.4 is 4.74 Å². The summed E-state index contributed by atoms with van der Waals surface area (Å²) in [5, 5.41) is 0. The van der Waals surface area contributed by atoms with Crippen molar-refractivity contribution in [2.24, 2.45) is 0 Å². The van der Waals surface area contributed by atoms with Gasteiger partial charge in [-0.3, -0.25) is 0 Å². The van der Waals surface area contributed by atoms with Gasteiger partial charge in [0.1, 0.15) is 12.4 Å². The van der Waals surface area contributed by atoms with Gasteiger partial charge in [-0.1, -0.05) is 13.8 Å². The van der Waals surface area contributed by atoms with Crippen molar-refractivity contribution in [3.8, 4) is 5.75 Å². The highest BCUT2D eigenvalue weighted by Crippen LogP contribution is 2.35. The van der Waals surface area contributed by atoms with Gasteiger partial charge < -0.3 is 14.4 Å². The minimum Gasteiger partial charge on any atom is -0.490 e. The molecule has 0 N–H and O–H groups in total. The van der Waals surface area contributed by atoms with Crippen LogP contribution >= 0.6 is 11.3 Å². The van der Waals surface area contributed by atoms with Crippen LogP contribution in [0.4, 0.5) is 8.78 Å². The Morgan fingerprint density at radius 1 is 1.40 bits per heavy atom. The van der Waals surface area contributed by atoms with Gasteiger partial charge in [0, 0.05) is 12.6 Å². The Labute approximate surface area is 121 Å². The quantitative estimate of drug-likeness (QED) is 0.691. The zero-order valence-corrected chi connectivity index (χ0v) is 12.6. The molecule has 0 unspecified atom stereocenters. The first-order chi connectivity index (χ1) is 9.53. The molecule has 20 heavy (non-hydrogen) atoms. The van der Waals surface area contributed by atoms with Gasteiger partial charge in [-0.05, 0) is 13.1 Å². The average molecular weight is 307 g/mol. The number of alkyl halides is 2. The Morgan fingerprint density at radius 3 is 2.55 bits per heavy atom. The maximum Gasteiger partial charge on any atom is 0.351 e. The van der Waals surface area contributed by atoms with Gasteiger partial charge in [0.05, 0.1) is 12.0 Å². The number of nitrogens with zero attached hydrogens (tertiary/aromatic N) is 1. The van der Waals surface area contributed by atoms with Gasteiger partial charge in [0.15, 0.2) is 4.88 Å². The fourth-order valence-corrected chi connectivity index (χ4v) is 2.54. The van der Waals surface area contributed by atoms with E-state index in [0.29, 0.717) is 24.5 Å². The van der Waals surface area contributed by atoms with Crippen LogP contribution in [-0.2, 0) is 4.74 Å². The summed E-state index contributed by atoms with van der Waals surface area (Å²) in [7, 11) is 1.21. The average Bonchev–Trinajstić information content (AvgIpc) is 2.87. The summed E-state index contributed by atoms with van der Waals surface area (Å²) in [5.74, 6) is -0.482. The molecule has 0 aliphatic rings. The molecule has 1 aromatic rings. The smallest absolute Gasteiger partial charge is 0.351 e. The van der Waals surface area contributed by atoms with E-state index in [0.717, 1.165) is 13.1 Å². The molecule has 1 heterocycles. The first kappa shape index (κ1) is 16.8. The predicted molar refractivity (Wildman–Crippen MR) is 73.9 cm³/mol. The topological polar surface area (TPSA) is 38.8 Å². The van der Waals surface area contributed by atoms with E-state index in [1.54, 1.807) is 0 Å². The minimum atomic E-state index is -2.62. The molecule has 0 spiro atoms. The Balaban J connectivity index is 2.74. The lowest BCUT2D eigenvalue weighted by Gasteiger charge is -2.17. The maximum atomic E-state index is 12.7. The molecule has 4 nitrogen and oxygen atoms in total. The van der Waals surface area contributed by atoms with E-state index in [-0.39, 0.29) is 15.5 Å². The molecule has 0 amide bonds. The van der Waals surface area contributed by atoms with Crippen molar-refractivity contribution in [2.45, 2.75) is 20.3 Å². The third kappa shape index (κ3) is 4.42. The minimum absolute atomic E-state index is 0.0855. The molecule has 0 aliphatic carbocycles. The highest BCUT2D eigenvalue weighted by Gasteiger charge is 2.22. The Bertz CT molecular complexity index is 433. The van der Waals surface area contributed by atoms with Crippen molar-refractivity contribution >= 4 is 17.3 Å². The van der Waals surface area contributed by atoms with E-state index in [1.807, 2.05) is 13.8 Å². The summed E-state index contributed by atoms with van der Waals surface area (Å²) in [6.07, 6.45) is -2.62. The van der Waals surface area contributed by atoms with Gasteiger partial charge in [-0.2, -0.15) is 0 Å². The fraction of sp³-hybridized carbons (Fsp3) is 0.615. The van der Waals surface area contributed by atoms with Crippen LogP contribution in [0.15, 0.2) is 6.07 Å². The number of likely N-dealkylation sites (N-methyl/N-ethyl adjacent to an activating group) is 1. The second kappa shape index (κ2) is 8.16. The molecule has 0 fully saturated rings. The zero-order chi connectivity index (χ0) is 15.1. The van der Waals surface area contributed by atoms with Crippen molar-refractivity contribution in [3.63, 3.8) is 0 Å². The first-order valence-electron chi connectivity index (χ1n) is 6.38. The summed E-state index contributed by atoms with van der Waals surface area (Å²) in [6, 6.07) is 1.21. The van der Waals surface area contributed by atoms with E-state index in [1.165, 1.54) is 13.2 Å². The predicted octanol–water partition coefficient (Wildman–Crippen LogP) is 3.19. The van der Waals surface area contributed by atoms with Gasteiger partial charge >= 0.3 is 5.97 Å². The summed E-state index contributed by atoms with van der Waals surface area (Å²) in [6.45, 7) is 6.84. The van der Waals surface area contributed by atoms with Crippen molar-refractivity contribution in [1.82, 2.24) is 4.90 Å². The molecular formula is C13H19F2NO3S.